The molecule has 0 spiro atoms. The van der Waals surface area contributed by atoms with Crippen molar-refractivity contribution < 1.29 is 23.1 Å². The molecule has 20 heavy (non-hydrogen) atoms. The Labute approximate surface area is 119 Å². The third-order valence-electron chi connectivity index (χ3n) is 3.60. The molecular formula is C12H22N2O5S. The molecule has 1 heterocycles. The van der Waals surface area contributed by atoms with Gasteiger partial charge >= 0.3 is 5.97 Å². The average molecular weight is 306 g/mol. The van der Waals surface area contributed by atoms with Gasteiger partial charge in [0.2, 0.25) is 5.91 Å². The van der Waals surface area contributed by atoms with Gasteiger partial charge < -0.3 is 10.0 Å². The van der Waals surface area contributed by atoms with E-state index in [0.29, 0.717) is 19.5 Å². The molecule has 1 amide bonds. The van der Waals surface area contributed by atoms with Crippen molar-refractivity contribution in [2.75, 3.05) is 38.2 Å². The standard InChI is InChI=1S/C12H22N2O5S/c1-3-14(6-4-12(16)17)8-11(15)13(2)10-5-7-20(18,19)9-10/h10H,3-9H2,1-2H3,(H,16,17). The van der Waals surface area contributed by atoms with Crippen LogP contribution < -0.4 is 0 Å². The van der Waals surface area contributed by atoms with E-state index < -0.39 is 15.8 Å². The number of carboxylic acids is 1. The van der Waals surface area contributed by atoms with Crippen molar-refractivity contribution >= 4 is 21.7 Å². The van der Waals surface area contributed by atoms with Gasteiger partial charge in [-0.25, -0.2) is 8.42 Å². The molecule has 0 saturated carbocycles. The summed E-state index contributed by atoms with van der Waals surface area (Å²) in [6.07, 6.45) is 0.467. The fraction of sp³-hybridized carbons (Fsp3) is 0.833. The van der Waals surface area contributed by atoms with Gasteiger partial charge in [0.15, 0.2) is 9.84 Å². The number of nitrogens with zero attached hydrogens (tertiary/aromatic N) is 2. The maximum Gasteiger partial charge on any atom is 0.304 e. The molecule has 116 valence electrons. The van der Waals surface area contributed by atoms with Crippen molar-refractivity contribution in [2.45, 2.75) is 25.8 Å². The van der Waals surface area contributed by atoms with E-state index >= 15 is 0 Å². The maximum absolute atomic E-state index is 12.1. The van der Waals surface area contributed by atoms with Crippen LogP contribution in [0.4, 0.5) is 0 Å². The Kier molecular flexibility index (Phi) is 5.94. The molecule has 1 fully saturated rings. The highest BCUT2D eigenvalue weighted by molar-refractivity contribution is 7.91. The monoisotopic (exact) mass is 306 g/mol. The zero-order chi connectivity index (χ0) is 15.3. The molecule has 0 aromatic rings. The van der Waals surface area contributed by atoms with Gasteiger partial charge in [0, 0.05) is 19.6 Å². The molecule has 1 aliphatic rings. The van der Waals surface area contributed by atoms with Crippen LogP contribution in [-0.4, -0.2) is 79.4 Å². The SMILES string of the molecule is CCN(CCC(=O)O)CC(=O)N(C)C1CCS(=O)(=O)C1. The number of aliphatic carboxylic acids is 1. The quantitative estimate of drug-likeness (QED) is 0.677. The lowest BCUT2D eigenvalue weighted by Crippen LogP contribution is -2.44. The Morgan fingerprint density at radius 1 is 1.35 bits per heavy atom. The summed E-state index contributed by atoms with van der Waals surface area (Å²) in [5.41, 5.74) is 0. The minimum atomic E-state index is -3.01. The minimum absolute atomic E-state index is 0.0113. The van der Waals surface area contributed by atoms with Crippen molar-refractivity contribution in [3.05, 3.63) is 0 Å². The normalized spacial score (nSPS) is 21.1. The van der Waals surface area contributed by atoms with Crippen molar-refractivity contribution in [3.8, 4) is 0 Å². The summed E-state index contributed by atoms with van der Waals surface area (Å²) < 4.78 is 22.8. The first-order chi connectivity index (χ1) is 9.25. The van der Waals surface area contributed by atoms with Crippen LogP contribution in [-0.2, 0) is 19.4 Å². The number of hydrogen-bond acceptors (Lipinski definition) is 5. The second-order valence-corrected chi connectivity index (χ2v) is 7.30. The van der Waals surface area contributed by atoms with Gasteiger partial charge in [-0.1, -0.05) is 6.92 Å². The number of hydrogen-bond donors (Lipinski definition) is 1. The Morgan fingerprint density at radius 2 is 2.00 bits per heavy atom. The molecule has 1 rings (SSSR count). The van der Waals surface area contributed by atoms with Crippen LogP contribution in [0.1, 0.15) is 19.8 Å². The lowest BCUT2D eigenvalue weighted by molar-refractivity contribution is -0.138. The van der Waals surface area contributed by atoms with Crippen molar-refractivity contribution in [2.24, 2.45) is 0 Å². The summed E-state index contributed by atoms with van der Waals surface area (Å²) in [5, 5.41) is 8.64. The molecule has 7 nitrogen and oxygen atoms in total. The number of rotatable bonds is 7. The van der Waals surface area contributed by atoms with E-state index in [1.165, 1.54) is 4.90 Å². The van der Waals surface area contributed by atoms with Crippen LogP contribution in [0.5, 0.6) is 0 Å². The average Bonchev–Trinajstić information content (AvgIpc) is 2.73. The minimum Gasteiger partial charge on any atom is -0.481 e. The lowest BCUT2D eigenvalue weighted by Gasteiger charge is -2.27. The molecule has 1 N–H and O–H groups in total. The van der Waals surface area contributed by atoms with E-state index in [4.69, 9.17) is 5.11 Å². The van der Waals surface area contributed by atoms with Gasteiger partial charge in [-0.3, -0.25) is 14.5 Å². The van der Waals surface area contributed by atoms with Crippen LogP contribution in [0.25, 0.3) is 0 Å². The maximum atomic E-state index is 12.1. The predicted molar refractivity (Wildman–Crippen MR) is 74.2 cm³/mol. The van der Waals surface area contributed by atoms with E-state index in [0.717, 1.165) is 0 Å². The summed E-state index contributed by atoms with van der Waals surface area (Å²) in [4.78, 5) is 25.9. The van der Waals surface area contributed by atoms with Gasteiger partial charge in [0.25, 0.3) is 0 Å². The van der Waals surface area contributed by atoms with Crippen LogP contribution in [0, 0.1) is 0 Å². The first-order valence-electron chi connectivity index (χ1n) is 6.65. The van der Waals surface area contributed by atoms with E-state index in [1.807, 2.05) is 6.92 Å². The highest BCUT2D eigenvalue weighted by Crippen LogP contribution is 2.16. The van der Waals surface area contributed by atoms with Gasteiger partial charge in [-0.05, 0) is 13.0 Å². The van der Waals surface area contributed by atoms with Crippen LogP contribution in [0.2, 0.25) is 0 Å². The Hall–Kier alpha value is -1.15. The first kappa shape index (κ1) is 16.9. The fourth-order valence-electron chi connectivity index (χ4n) is 2.19. The van der Waals surface area contributed by atoms with E-state index in [2.05, 4.69) is 0 Å². The van der Waals surface area contributed by atoms with Crippen LogP contribution in [0.15, 0.2) is 0 Å². The molecule has 1 aliphatic heterocycles. The number of carbonyl (C=O) groups excluding carboxylic acids is 1. The molecule has 1 unspecified atom stereocenters. The summed E-state index contributed by atoms with van der Waals surface area (Å²) in [6.45, 7) is 2.87. The second kappa shape index (κ2) is 7.03. The van der Waals surface area contributed by atoms with Crippen LogP contribution >= 0.6 is 0 Å². The molecule has 0 aromatic carbocycles. The summed E-state index contributed by atoms with van der Waals surface area (Å²) >= 11 is 0. The Bertz CT molecular complexity index is 462. The van der Waals surface area contributed by atoms with E-state index in [9.17, 15) is 18.0 Å². The van der Waals surface area contributed by atoms with E-state index in [1.54, 1.807) is 11.9 Å². The first-order valence-corrected chi connectivity index (χ1v) is 8.47. The van der Waals surface area contributed by atoms with Crippen molar-refractivity contribution in [1.82, 2.24) is 9.80 Å². The molecular weight excluding hydrogens is 284 g/mol. The molecule has 8 heteroatoms. The second-order valence-electron chi connectivity index (χ2n) is 5.07. The van der Waals surface area contributed by atoms with Gasteiger partial charge in [0.1, 0.15) is 0 Å². The molecule has 0 aliphatic carbocycles. The third-order valence-corrected chi connectivity index (χ3v) is 5.35. The molecule has 0 aromatic heterocycles. The zero-order valence-corrected chi connectivity index (χ0v) is 12.7. The van der Waals surface area contributed by atoms with Crippen molar-refractivity contribution in [1.29, 1.82) is 0 Å². The topological polar surface area (TPSA) is 95.0 Å². The summed E-state index contributed by atoms with van der Waals surface area (Å²) in [5.74, 6) is -0.909. The molecule has 0 radical (unpaired) electrons. The molecule has 1 saturated heterocycles. The van der Waals surface area contributed by atoms with Crippen LogP contribution in [0.3, 0.4) is 0 Å². The Morgan fingerprint density at radius 3 is 2.45 bits per heavy atom. The molecule has 1 atom stereocenters. The number of sulfone groups is 1. The fourth-order valence-corrected chi connectivity index (χ4v) is 3.96. The molecule has 0 bridgehead atoms. The van der Waals surface area contributed by atoms with Gasteiger partial charge in [-0.2, -0.15) is 0 Å². The predicted octanol–water partition coefficient (Wildman–Crippen LogP) is -0.571. The lowest BCUT2D eigenvalue weighted by atomic mass is 10.2. The number of likely N-dealkylation sites (N-methyl/N-ethyl adjacent to an activating group) is 2. The number of carbonyl (C=O) groups is 2. The highest BCUT2D eigenvalue weighted by atomic mass is 32.2. The smallest absolute Gasteiger partial charge is 0.304 e. The zero-order valence-electron chi connectivity index (χ0n) is 11.9. The Balaban J connectivity index is 2.50. The third kappa shape index (κ3) is 5.09. The number of amides is 1. The number of carboxylic acid groups (broad SMARTS) is 1. The van der Waals surface area contributed by atoms with E-state index in [-0.39, 0.29) is 36.4 Å². The highest BCUT2D eigenvalue weighted by Gasteiger charge is 2.32. The summed E-state index contributed by atoms with van der Waals surface area (Å²) in [6, 6.07) is -0.259. The largest absolute Gasteiger partial charge is 0.481 e. The van der Waals surface area contributed by atoms with Gasteiger partial charge in [0.05, 0.1) is 24.5 Å². The van der Waals surface area contributed by atoms with Crippen molar-refractivity contribution in [3.63, 3.8) is 0 Å². The summed E-state index contributed by atoms with van der Waals surface area (Å²) in [7, 11) is -1.40. The van der Waals surface area contributed by atoms with Gasteiger partial charge in [-0.15, -0.1) is 0 Å².